The molecule has 3 N–H and O–H groups in total. The van der Waals surface area contributed by atoms with E-state index in [0.29, 0.717) is 29.4 Å². The number of nitro groups is 1. The molecule has 2 heterocycles. The van der Waals surface area contributed by atoms with Crippen LogP contribution >= 0.6 is 0 Å². The number of carbonyl (C=O) groups is 1. The predicted octanol–water partition coefficient (Wildman–Crippen LogP) is 3.34. The highest BCUT2D eigenvalue weighted by atomic mass is 16.6. The first kappa shape index (κ1) is 24.0. The van der Waals surface area contributed by atoms with E-state index in [1.165, 1.54) is 12.1 Å². The maximum atomic E-state index is 13.2. The number of benzene rings is 2. The summed E-state index contributed by atoms with van der Waals surface area (Å²) in [7, 11) is 0. The number of rotatable bonds is 11. The van der Waals surface area contributed by atoms with Gasteiger partial charge in [0.1, 0.15) is 23.5 Å². The minimum absolute atomic E-state index is 0.0735. The molecule has 0 aliphatic carbocycles. The van der Waals surface area contributed by atoms with Gasteiger partial charge in [-0.15, -0.1) is 0 Å². The number of fused-ring (bicyclic) bond motifs is 1. The molecule has 1 aromatic heterocycles. The summed E-state index contributed by atoms with van der Waals surface area (Å²) in [5, 5.41) is 14.3. The summed E-state index contributed by atoms with van der Waals surface area (Å²) in [5.41, 5.74) is 6.54. The smallest absolute Gasteiger partial charge is 0.271 e. The summed E-state index contributed by atoms with van der Waals surface area (Å²) >= 11 is 0. The van der Waals surface area contributed by atoms with Gasteiger partial charge >= 0.3 is 0 Å². The van der Waals surface area contributed by atoms with Crippen molar-refractivity contribution in [1.82, 2.24) is 15.7 Å². The van der Waals surface area contributed by atoms with Crippen LogP contribution in [-0.2, 0) is 16.8 Å². The van der Waals surface area contributed by atoms with Gasteiger partial charge in [0.15, 0.2) is 0 Å². The van der Waals surface area contributed by atoms with Crippen LogP contribution in [0.3, 0.4) is 0 Å². The molecule has 1 amide bonds. The molecule has 0 bridgehead atoms. The van der Waals surface area contributed by atoms with Crippen molar-refractivity contribution in [2.24, 2.45) is 0 Å². The van der Waals surface area contributed by atoms with Crippen LogP contribution in [0.4, 0.5) is 11.4 Å². The first-order valence-electron chi connectivity index (χ1n) is 11.3. The summed E-state index contributed by atoms with van der Waals surface area (Å²) in [4.78, 5) is 27.8. The SMILES string of the molecule is CC1(C(=O)NNc2cccc([N+](=O)[O-])c2)COc2cccc(OCCCNCc3cccnc3)c21. The molecule has 1 aliphatic rings. The number of aromatic nitrogens is 1. The van der Waals surface area contributed by atoms with E-state index in [4.69, 9.17) is 9.47 Å². The standard InChI is InChI=1S/C25H27N5O5/c1-25(24(31)29-28-19-7-2-8-20(14-19)30(32)33)17-35-22-10-3-9-21(23(22)25)34-13-5-12-27-16-18-6-4-11-26-15-18/h2-4,6-11,14-15,27-28H,5,12-13,16-17H2,1H3,(H,29,31). The number of hydrogen-bond donors (Lipinski definition) is 3. The Labute approximate surface area is 202 Å². The van der Waals surface area contributed by atoms with Crippen molar-refractivity contribution < 1.29 is 19.2 Å². The number of ether oxygens (including phenoxy) is 2. The van der Waals surface area contributed by atoms with Gasteiger partial charge in [0, 0.05) is 31.1 Å². The van der Waals surface area contributed by atoms with Crippen LogP contribution in [0, 0.1) is 10.1 Å². The van der Waals surface area contributed by atoms with E-state index in [2.05, 4.69) is 21.2 Å². The fourth-order valence-corrected chi connectivity index (χ4v) is 3.85. The molecule has 35 heavy (non-hydrogen) atoms. The summed E-state index contributed by atoms with van der Waals surface area (Å²) in [6.45, 7) is 3.91. The normalized spacial score (nSPS) is 16.1. The van der Waals surface area contributed by atoms with E-state index in [-0.39, 0.29) is 18.2 Å². The number of hydrogen-bond acceptors (Lipinski definition) is 8. The lowest BCUT2D eigenvalue weighted by molar-refractivity contribution is -0.384. The lowest BCUT2D eigenvalue weighted by atomic mass is 9.83. The lowest BCUT2D eigenvalue weighted by Gasteiger charge is -2.24. The number of nitrogens with zero attached hydrogens (tertiary/aromatic N) is 2. The molecular weight excluding hydrogens is 450 g/mol. The third-order valence-electron chi connectivity index (χ3n) is 5.74. The predicted molar refractivity (Wildman–Crippen MR) is 130 cm³/mol. The summed E-state index contributed by atoms with van der Waals surface area (Å²) in [5.74, 6) is 0.863. The van der Waals surface area contributed by atoms with Crippen LogP contribution in [0.25, 0.3) is 0 Å². The van der Waals surface area contributed by atoms with Crippen molar-refractivity contribution in [3.8, 4) is 11.5 Å². The van der Waals surface area contributed by atoms with Crippen LogP contribution in [0.1, 0.15) is 24.5 Å². The monoisotopic (exact) mass is 477 g/mol. The van der Waals surface area contributed by atoms with Crippen molar-refractivity contribution in [2.45, 2.75) is 25.3 Å². The molecule has 0 saturated carbocycles. The average Bonchev–Trinajstić information content (AvgIpc) is 3.24. The quantitative estimate of drug-likeness (QED) is 0.218. The largest absolute Gasteiger partial charge is 0.493 e. The van der Waals surface area contributed by atoms with Crippen LogP contribution in [-0.4, -0.2) is 35.6 Å². The van der Waals surface area contributed by atoms with E-state index in [1.807, 2.05) is 36.5 Å². The molecule has 10 nitrogen and oxygen atoms in total. The minimum Gasteiger partial charge on any atom is -0.493 e. The fraction of sp³-hybridized carbons (Fsp3) is 0.280. The van der Waals surface area contributed by atoms with Crippen molar-refractivity contribution in [3.63, 3.8) is 0 Å². The Kier molecular flexibility index (Phi) is 7.41. The highest BCUT2D eigenvalue weighted by Crippen LogP contribution is 2.44. The molecule has 2 aromatic carbocycles. The van der Waals surface area contributed by atoms with Gasteiger partial charge in [-0.25, -0.2) is 0 Å². The maximum Gasteiger partial charge on any atom is 0.271 e. The zero-order valence-corrected chi connectivity index (χ0v) is 19.3. The number of nitrogens with one attached hydrogen (secondary N) is 3. The van der Waals surface area contributed by atoms with E-state index >= 15 is 0 Å². The summed E-state index contributed by atoms with van der Waals surface area (Å²) < 4.78 is 11.8. The number of carbonyl (C=O) groups excluding carboxylic acids is 1. The molecule has 0 saturated heterocycles. The zero-order valence-electron chi connectivity index (χ0n) is 19.3. The highest BCUT2D eigenvalue weighted by Gasteiger charge is 2.45. The topological polar surface area (TPSA) is 128 Å². The van der Waals surface area contributed by atoms with Gasteiger partial charge in [-0.3, -0.25) is 30.7 Å². The number of anilines is 1. The Morgan fingerprint density at radius 3 is 2.89 bits per heavy atom. The third-order valence-corrected chi connectivity index (χ3v) is 5.74. The lowest BCUT2D eigenvalue weighted by Crippen LogP contribution is -2.46. The molecule has 1 unspecified atom stereocenters. The second-order valence-corrected chi connectivity index (χ2v) is 8.38. The first-order chi connectivity index (χ1) is 17.0. The van der Waals surface area contributed by atoms with E-state index in [9.17, 15) is 14.9 Å². The third kappa shape index (κ3) is 5.67. The molecule has 0 radical (unpaired) electrons. The number of hydrazine groups is 1. The second-order valence-electron chi connectivity index (χ2n) is 8.38. The number of pyridine rings is 1. The summed E-state index contributed by atoms with van der Waals surface area (Å²) in [6.07, 6.45) is 4.36. The van der Waals surface area contributed by atoms with Gasteiger partial charge in [0.2, 0.25) is 0 Å². The molecule has 10 heteroatoms. The van der Waals surface area contributed by atoms with Gasteiger partial charge < -0.3 is 14.8 Å². The first-order valence-corrected chi connectivity index (χ1v) is 11.3. The Morgan fingerprint density at radius 1 is 1.23 bits per heavy atom. The van der Waals surface area contributed by atoms with E-state index in [0.717, 1.165) is 25.1 Å². The summed E-state index contributed by atoms with van der Waals surface area (Å²) in [6, 6.07) is 15.3. The van der Waals surface area contributed by atoms with Gasteiger partial charge in [-0.1, -0.05) is 18.2 Å². The minimum atomic E-state index is -1.00. The maximum absolute atomic E-state index is 13.2. The Balaban J connectivity index is 1.34. The Hall–Kier alpha value is -4.18. The van der Waals surface area contributed by atoms with Crippen molar-refractivity contribution in [1.29, 1.82) is 0 Å². The second kappa shape index (κ2) is 10.8. The van der Waals surface area contributed by atoms with E-state index in [1.54, 1.807) is 25.3 Å². The van der Waals surface area contributed by atoms with Gasteiger partial charge in [0.05, 0.1) is 22.8 Å². The molecule has 4 rings (SSSR count). The number of nitro benzene ring substituents is 1. The van der Waals surface area contributed by atoms with Crippen LogP contribution in [0.15, 0.2) is 67.0 Å². The van der Waals surface area contributed by atoms with E-state index < -0.39 is 10.3 Å². The van der Waals surface area contributed by atoms with Crippen LogP contribution in [0.2, 0.25) is 0 Å². The molecule has 0 fully saturated rings. The Bertz CT molecular complexity index is 1190. The van der Waals surface area contributed by atoms with Crippen molar-refractivity contribution >= 4 is 17.3 Å². The number of amides is 1. The number of non-ortho nitro benzene ring substituents is 1. The van der Waals surface area contributed by atoms with Crippen LogP contribution < -0.4 is 25.6 Å². The molecule has 182 valence electrons. The molecular formula is C25H27N5O5. The van der Waals surface area contributed by atoms with Crippen molar-refractivity contribution in [3.05, 3.63) is 88.2 Å². The van der Waals surface area contributed by atoms with Gasteiger partial charge in [-0.2, -0.15) is 0 Å². The molecule has 1 aliphatic heterocycles. The molecule has 0 spiro atoms. The highest BCUT2D eigenvalue weighted by molar-refractivity contribution is 5.91. The van der Waals surface area contributed by atoms with Crippen LogP contribution in [0.5, 0.6) is 11.5 Å². The zero-order chi connectivity index (χ0) is 24.7. The average molecular weight is 478 g/mol. The van der Waals surface area contributed by atoms with Gasteiger partial charge in [-0.05, 0) is 49.7 Å². The fourth-order valence-electron chi connectivity index (χ4n) is 3.85. The molecule has 3 aromatic rings. The molecule has 1 atom stereocenters. The van der Waals surface area contributed by atoms with Gasteiger partial charge in [0.25, 0.3) is 11.6 Å². The Morgan fingerprint density at radius 2 is 2.09 bits per heavy atom. The van der Waals surface area contributed by atoms with Crippen molar-refractivity contribution in [2.75, 3.05) is 25.2 Å².